The predicted octanol–water partition coefficient (Wildman–Crippen LogP) is 2.88. The van der Waals surface area contributed by atoms with Gasteiger partial charge >= 0.3 is 0 Å². The Balaban J connectivity index is 2.50. The largest absolute Gasteiger partial charge is 0.409 e. The lowest BCUT2D eigenvalue weighted by Crippen LogP contribution is -2.29. The first-order chi connectivity index (χ1) is 9.19. The van der Waals surface area contributed by atoms with E-state index in [2.05, 4.69) is 30.0 Å². The fourth-order valence-electron chi connectivity index (χ4n) is 2.63. The molecule has 0 radical (unpaired) electrons. The van der Waals surface area contributed by atoms with Crippen LogP contribution in [-0.4, -0.2) is 29.4 Å². The first-order valence-electron chi connectivity index (χ1n) is 6.69. The Bertz CT molecular complexity index is 476. The van der Waals surface area contributed by atoms with E-state index in [-0.39, 0.29) is 5.84 Å². The van der Waals surface area contributed by atoms with Gasteiger partial charge in [0.2, 0.25) is 0 Å². The Kier molecular flexibility index (Phi) is 4.58. The quantitative estimate of drug-likeness (QED) is 0.292. The molecule has 1 saturated heterocycles. The summed E-state index contributed by atoms with van der Waals surface area (Å²) in [7, 11) is 0. The second kappa shape index (κ2) is 6.19. The van der Waals surface area contributed by atoms with Crippen molar-refractivity contribution in [1.29, 1.82) is 0 Å². The van der Waals surface area contributed by atoms with Crippen LogP contribution in [0.5, 0.6) is 0 Å². The molecule has 1 aromatic rings. The molecule has 0 aliphatic carbocycles. The number of amidine groups is 1. The highest BCUT2D eigenvalue weighted by molar-refractivity contribution is 7.99. The predicted molar refractivity (Wildman–Crippen MR) is 81.4 cm³/mol. The monoisotopic (exact) mass is 279 g/mol. The van der Waals surface area contributed by atoms with E-state index in [0.717, 1.165) is 28.4 Å². The zero-order valence-corrected chi connectivity index (χ0v) is 12.3. The van der Waals surface area contributed by atoms with Crippen LogP contribution in [0.1, 0.15) is 32.3 Å². The summed E-state index contributed by atoms with van der Waals surface area (Å²) in [4.78, 5) is 3.43. The summed E-state index contributed by atoms with van der Waals surface area (Å²) in [6, 6.07) is 6.65. The fourth-order valence-corrected chi connectivity index (χ4v) is 3.47. The zero-order valence-electron chi connectivity index (χ0n) is 11.5. The topological polar surface area (TPSA) is 61.8 Å². The van der Waals surface area contributed by atoms with E-state index in [1.807, 2.05) is 12.1 Å². The summed E-state index contributed by atoms with van der Waals surface area (Å²) in [5.41, 5.74) is 7.85. The number of rotatable bonds is 4. The molecule has 5 heteroatoms. The maximum absolute atomic E-state index is 9.05. The van der Waals surface area contributed by atoms with Crippen LogP contribution in [0.25, 0.3) is 0 Å². The molecule has 1 atom stereocenters. The second-order valence-electron chi connectivity index (χ2n) is 4.75. The Labute approximate surface area is 118 Å². The van der Waals surface area contributed by atoms with Crippen LogP contribution in [-0.2, 0) is 0 Å². The first-order valence-corrected chi connectivity index (χ1v) is 7.68. The molecule has 4 nitrogen and oxygen atoms in total. The lowest BCUT2D eigenvalue weighted by molar-refractivity contribution is 0.318. The molecule has 1 fully saturated rings. The van der Waals surface area contributed by atoms with Crippen molar-refractivity contribution in [2.24, 2.45) is 10.9 Å². The molecule has 0 spiro atoms. The van der Waals surface area contributed by atoms with Crippen molar-refractivity contribution in [2.45, 2.75) is 37.6 Å². The van der Waals surface area contributed by atoms with E-state index in [4.69, 9.17) is 10.9 Å². The summed E-state index contributed by atoms with van der Waals surface area (Å²) >= 11 is 1.72. The van der Waals surface area contributed by atoms with Gasteiger partial charge in [-0.05, 0) is 37.7 Å². The van der Waals surface area contributed by atoms with Gasteiger partial charge in [0.15, 0.2) is 5.84 Å². The third-order valence-corrected chi connectivity index (χ3v) is 4.47. The summed E-state index contributed by atoms with van der Waals surface area (Å²) < 4.78 is 0. The number of benzene rings is 1. The summed E-state index contributed by atoms with van der Waals surface area (Å²) in [6.07, 6.45) is 2.39. The zero-order chi connectivity index (χ0) is 13.8. The van der Waals surface area contributed by atoms with Crippen LogP contribution in [0.3, 0.4) is 0 Å². The summed E-state index contributed by atoms with van der Waals surface area (Å²) in [5.74, 6) is 1.16. The number of thioether (sulfide) groups is 1. The van der Waals surface area contributed by atoms with Crippen molar-refractivity contribution < 1.29 is 5.21 Å². The van der Waals surface area contributed by atoms with Crippen LogP contribution in [0, 0.1) is 0 Å². The maximum atomic E-state index is 9.05. The summed E-state index contributed by atoms with van der Waals surface area (Å²) in [6.45, 7) is 5.36. The van der Waals surface area contributed by atoms with Gasteiger partial charge in [-0.25, -0.2) is 0 Å². The standard InChI is InChI=1S/C14H21N3OS/c1-3-19-12-8-4-7-11(13(12)14(15)16-18)17-9-5-6-10(17)2/h4,7-8,10,18H,3,5-6,9H2,1-2H3,(H2,15,16). The minimum atomic E-state index is 0.200. The van der Waals surface area contributed by atoms with Crippen LogP contribution >= 0.6 is 11.8 Å². The average Bonchev–Trinajstić information content (AvgIpc) is 2.84. The molecule has 1 unspecified atom stereocenters. The molecular weight excluding hydrogens is 258 g/mol. The van der Waals surface area contributed by atoms with Gasteiger partial charge in [0.25, 0.3) is 0 Å². The van der Waals surface area contributed by atoms with E-state index in [9.17, 15) is 0 Å². The van der Waals surface area contributed by atoms with Crippen molar-refractivity contribution >= 4 is 23.3 Å². The minimum Gasteiger partial charge on any atom is -0.409 e. The van der Waals surface area contributed by atoms with Crippen molar-refractivity contribution in [3.63, 3.8) is 0 Å². The fraction of sp³-hybridized carbons (Fsp3) is 0.500. The van der Waals surface area contributed by atoms with Crippen LogP contribution in [0.2, 0.25) is 0 Å². The highest BCUT2D eigenvalue weighted by Crippen LogP contribution is 2.34. The van der Waals surface area contributed by atoms with Gasteiger partial charge in [0.05, 0.1) is 5.56 Å². The van der Waals surface area contributed by atoms with E-state index < -0.39 is 0 Å². The van der Waals surface area contributed by atoms with Crippen molar-refractivity contribution in [3.05, 3.63) is 23.8 Å². The van der Waals surface area contributed by atoms with Crippen molar-refractivity contribution in [1.82, 2.24) is 0 Å². The molecule has 3 N–H and O–H groups in total. The molecule has 2 rings (SSSR count). The molecule has 0 aromatic heterocycles. The second-order valence-corrected chi connectivity index (χ2v) is 6.06. The number of hydrogen-bond donors (Lipinski definition) is 2. The van der Waals surface area contributed by atoms with E-state index >= 15 is 0 Å². The van der Waals surface area contributed by atoms with Gasteiger partial charge in [0, 0.05) is 23.2 Å². The maximum Gasteiger partial charge on any atom is 0.173 e. The Morgan fingerprint density at radius 1 is 1.58 bits per heavy atom. The molecular formula is C14H21N3OS. The van der Waals surface area contributed by atoms with Gasteiger partial charge in [-0.1, -0.05) is 18.1 Å². The Hall–Kier alpha value is -1.36. The van der Waals surface area contributed by atoms with Gasteiger partial charge in [0.1, 0.15) is 0 Å². The smallest absolute Gasteiger partial charge is 0.173 e. The molecule has 104 valence electrons. The molecule has 1 aromatic carbocycles. The van der Waals surface area contributed by atoms with Crippen LogP contribution in [0.4, 0.5) is 5.69 Å². The van der Waals surface area contributed by atoms with Gasteiger partial charge < -0.3 is 15.8 Å². The van der Waals surface area contributed by atoms with Gasteiger partial charge in [-0.15, -0.1) is 11.8 Å². The lowest BCUT2D eigenvalue weighted by atomic mass is 10.1. The number of oxime groups is 1. The third-order valence-electron chi connectivity index (χ3n) is 3.53. The molecule has 1 aliphatic rings. The summed E-state index contributed by atoms with van der Waals surface area (Å²) in [5, 5.41) is 12.3. The molecule has 0 amide bonds. The first kappa shape index (κ1) is 14.1. The normalized spacial score (nSPS) is 20.0. The molecule has 19 heavy (non-hydrogen) atoms. The number of anilines is 1. The molecule has 0 saturated carbocycles. The van der Waals surface area contributed by atoms with Crippen LogP contribution < -0.4 is 10.6 Å². The lowest BCUT2D eigenvalue weighted by Gasteiger charge is -2.27. The van der Waals surface area contributed by atoms with E-state index in [1.54, 1.807) is 11.8 Å². The molecule has 1 aliphatic heterocycles. The Morgan fingerprint density at radius 2 is 2.37 bits per heavy atom. The van der Waals surface area contributed by atoms with Gasteiger partial charge in [-0.3, -0.25) is 0 Å². The third kappa shape index (κ3) is 2.81. The van der Waals surface area contributed by atoms with Crippen molar-refractivity contribution in [2.75, 3.05) is 17.2 Å². The van der Waals surface area contributed by atoms with E-state index in [0.29, 0.717) is 6.04 Å². The SMILES string of the molecule is CCSc1cccc(N2CCCC2C)c1/C(N)=N/O. The highest BCUT2D eigenvalue weighted by atomic mass is 32.2. The van der Waals surface area contributed by atoms with Crippen LogP contribution in [0.15, 0.2) is 28.3 Å². The number of nitrogens with zero attached hydrogens (tertiary/aromatic N) is 2. The average molecular weight is 279 g/mol. The molecule has 1 heterocycles. The highest BCUT2D eigenvalue weighted by Gasteiger charge is 2.25. The molecule has 0 bridgehead atoms. The van der Waals surface area contributed by atoms with E-state index in [1.165, 1.54) is 12.8 Å². The Morgan fingerprint density at radius 3 is 2.95 bits per heavy atom. The van der Waals surface area contributed by atoms with Crippen molar-refractivity contribution in [3.8, 4) is 0 Å². The number of nitrogens with two attached hydrogens (primary N) is 1. The van der Waals surface area contributed by atoms with Gasteiger partial charge in [-0.2, -0.15) is 0 Å². The number of hydrogen-bond acceptors (Lipinski definition) is 4. The minimum absolute atomic E-state index is 0.200.